The van der Waals surface area contributed by atoms with Gasteiger partial charge in [-0.1, -0.05) is 22.0 Å². The van der Waals surface area contributed by atoms with Crippen LogP contribution < -0.4 is 10.6 Å². The molecule has 21 heavy (non-hydrogen) atoms. The Morgan fingerprint density at radius 1 is 1.24 bits per heavy atom. The van der Waals surface area contributed by atoms with Gasteiger partial charge in [-0.25, -0.2) is 4.79 Å². The number of benzene rings is 1. The molecule has 0 aromatic heterocycles. The first kappa shape index (κ1) is 15.8. The first-order valence-corrected chi connectivity index (χ1v) is 7.94. The fourth-order valence-electron chi connectivity index (χ4n) is 2.26. The van der Waals surface area contributed by atoms with Crippen LogP contribution in [0.3, 0.4) is 0 Å². The molecule has 1 aliphatic rings. The van der Waals surface area contributed by atoms with E-state index in [1.807, 2.05) is 30.0 Å². The topological polar surface area (TPSA) is 61.4 Å². The number of carbonyl (C=O) groups excluding carboxylic acids is 2. The molecule has 114 valence electrons. The van der Waals surface area contributed by atoms with Crippen LogP contribution in [0.4, 0.5) is 10.5 Å². The number of amides is 3. The Morgan fingerprint density at radius 3 is 2.62 bits per heavy atom. The molecule has 1 heterocycles. The van der Waals surface area contributed by atoms with Gasteiger partial charge in [-0.05, 0) is 43.9 Å². The molecule has 0 saturated carbocycles. The number of likely N-dealkylation sites (tertiary alicyclic amines) is 1. The fourth-order valence-corrected chi connectivity index (χ4v) is 2.64. The molecule has 6 heteroatoms. The van der Waals surface area contributed by atoms with Gasteiger partial charge in [0.1, 0.15) is 0 Å². The summed E-state index contributed by atoms with van der Waals surface area (Å²) in [5, 5.41) is 5.32. The number of piperidine rings is 1. The van der Waals surface area contributed by atoms with Gasteiger partial charge in [0.2, 0.25) is 5.91 Å². The van der Waals surface area contributed by atoms with E-state index in [2.05, 4.69) is 26.6 Å². The molecule has 1 fully saturated rings. The van der Waals surface area contributed by atoms with Gasteiger partial charge in [0.25, 0.3) is 0 Å². The summed E-state index contributed by atoms with van der Waals surface area (Å²) >= 11 is 3.42. The number of aryl methyl sites for hydroxylation is 1. The molecular formula is C15H20BrN3O2. The summed E-state index contributed by atoms with van der Waals surface area (Å²) in [4.78, 5) is 25.5. The van der Waals surface area contributed by atoms with E-state index < -0.39 is 0 Å². The smallest absolute Gasteiger partial charge is 0.319 e. The van der Waals surface area contributed by atoms with E-state index >= 15 is 0 Å². The fraction of sp³-hybridized carbons (Fsp3) is 0.467. The van der Waals surface area contributed by atoms with Crippen LogP contribution in [0, 0.1) is 6.92 Å². The number of nitrogens with one attached hydrogen (secondary N) is 2. The quantitative estimate of drug-likeness (QED) is 0.877. The van der Waals surface area contributed by atoms with Crippen molar-refractivity contribution in [3.05, 3.63) is 28.2 Å². The lowest BCUT2D eigenvalue weighted by Gasteiger charge is -2.26. The Hall–Kier alpha value is -1.56. The Balaban J connectivity index is 1.78. The Bertz CT molecular complexity index is 528. The number of hydrogen-bond donors (Lipinski definition) is 2. The summed E-state index contributed by atoms with van der Waals surface area (Å²) in [7, 11) is 0. The molecule has 5 nitrogen and oxygen atoms in total. The molecule has 1 aliphatic heterocycles. The van der Waals surface area contributed by atoms with Gasteiger partial charge >= 0.3 is 6.03 Å². The molecule has 0 unspecified atom stereocenters. The van der Waals surface area contributed by atoms with Gasteiger partial charge in [-0.3, -0.25) is 4.79 Å². The maximum absolute atomic E-state index is 11.9. The summed E-state index contributed by atoms with van der Waals surface area (Å²) in [5.41, 5.74) is 1.79. The molecule has 3 amide bonds. The van der Waals surface area contributed by atoms with Gasteiger partial charge in [0.05, 0.1) is 6.54 Å². The van der Waals surface area contributed by atoms with E-state index in [4.69, 9.17) is 0 Å². The minimum Gasteiger partial charge on any atom is -0.341 e. The molecule has 0 atom stereocenters. The van der Waals surface area contributed by atoms with Crippen molar-refractivity contribution in [2.75, 3.05) is 25.0 Å². The van der Waals surface area contributed by atoms with E-state index in [1.165, 1.54) is 6.42 Å². The SMILES string of the molecule is Cc1ccc(NC(=O)NCC(=O)N2CCCCC2)cc1Br. The van der Waals surface area contributed by atoms with E-state index in [0.29, 0.717) is 5.69 Å². The first-order valence-electron chi connectivity index (χ1n) is 7.15. The molecule has 2 rings (SSSR count). The van der Waals surface area contributed by atoms with Gasteiger partial charge in [0.15, 0.2) is 0 Å². The van der Waals surface area contributed by atoms with Gasteiger partial charge in [-0.2, -0.15) is 0 Å². The van der Waals surface area contributed by atoms with Crippen LogP contribution in [0.2, 0.25) is 0 Å². The highest BCUT2D eigenvalue weighted by atomic mass is 79.9. The third-order valence-corrected chi connectivity index (χ3v) is 4.39. The predicted molar refractivity (Wildman–Crippen MR) is 86.3 cm³/mol. The van der Waals surface area contributed by atoms with Crippen molar-refractivity contribution in [2.45, 2.75) is 26.2 Å². The lowest BCUT2D eigenvalue weighted by molar-refractivity contribution is -0.130. The second-order valence-corrected chi connectivity index (χ2v) is 6.07. The maximum Gasteiger partial charge on any atom is 0.319 e. The van der Waals surface area contributed by atoms with Crippen LogP contribution in [-0.4, -0.2) is 36.5 Å². The lowest BCUT2D eigenvalue weighted by Crippen LogP contribution is -2.43. The first-order chi connectivity index (χ1) is 10.1. The average Bonchev–Trinajstić information content (AvgIpc) is 2.49. The Labute approximate surface area is 133 Å². The highest BCUT2D eigenvalue weighted by Gasteiger charge is 2.16. The molecule has 0 bridgehead atoms. The normalized spacial score (nSPS) is 14.7. The van der Waals surface area contributed by atoms with Crippen molar-refractivity contribution in [2.24, 2.45) is 0 Å². The second-order valence-electron chi connectivity index (χ2n) is 5.21. The van der Waals surface area contributed by atoms with E-state index in [0.717, 1.165) is 36.0 Å². The number of halogens is 1. The number of carbonyl (C=O) groups is 2. The van der Waals surface area contributed by atoms with Gasteiger partial charge in [-0.15, -0.1) is 0 Å². The van der Waals surface area contributed by atoms with E-state index in [9.17, 15) is 9.59 Å². The zero-order valence-electron chi connectivity index (χ0n) is 12.1. The number of urea groups is 1. The Kier molecular flexibility index (Phi) is 5.61. The van der Waals surface area contributed by atoms with E-state index in [-0.39, 0.29) is 18.5 Å². The summed E-state index contributed by atoms with van der Waals surface area (Å²) in [6.45, 7) is 3.62. The monoisotopic (exact) mass is 353 g/mol. The molecule has 1 saturated heterocycles. The van der Waals surface area contributed by atoms with Crippen molar-refractivity contribution in [1.82, 2.24) is 10.2 Å². The van der Waals surface area contributed by atoms with Crippen molar-refractivity contribution in [3.63, 3.8) is 0 Å². The third-order valence-electron chi connectivity index (χ3n) is 3.54. The number of anilines is 1. The molecule has 2 N–H and O–H groups in total. The second kappa shape index (κ2) is 7.45. The van der Waals surface area contributed by atoms with Gasteiger partial charge < -0.3 is 15.5 Å². The zero-order chi connectivity index (χ0) is 15.2. The molecule has 1 aromatic rings. The largest absolute Gasteiger partial charge is 0.341 e. The maximum atomic E-state index is 11.9. The van der Waals surface area contributed by atoms with Crippen molar-refractivity contribution in [3.8, 4) is 0 Å². The Morgan fingerprint density at radius 2 is 1.95 bits per heavy atom. The summed E-state index contributed by atoms with van der Waals surface area (Å²) in [6.07, 6.45) is 3.28. The molecule has 0 aliphatic carbocycles. The molecule has 1 aromatic carbocycles. The standard InChI is InChI=1S/C15H20BrN3O2/c1-11-5-6-12(9-13(11)16)18-15(21)17-10-14(20)19-7-3-2-4-8-19/h5-6,9H,2-4,7-8,10H2,1H3,(H2,17,18,21). The van der Waals surface area contributed by atoms with Crippen LogP contribution in [0.1, 0.15) is 24.8 Å². The van der Waals surface area contributed by atoms with E-state index in [1.54, 1.807) is 0 Å². The molecule has 0 radical (unpaired) electrons. The lowest BCUT2D eigenvalue weighted by atomic mass is 10.1. The summed E-state index contributed by atoms with van der Waals surface area (Å²) in [6, 6.07) is 5.21. The molecule has 0 spiro atoms. The minimum atomic E-state index is -0.365. The zero-order valence-corrected chi connectivity index (χ0v) is 13.7. The van der Waals surface area contributed by atoms with Crippen LogP contribution in [0.5, 0.6) is 0 Å². The van der Waals surface area contributed by atoms with Crippen LogP contribution >= 0.6 is 15.9 Å². The number of hydrogen-bond acceptors (Lipinski definition) is 2. The highest BCUT2D eigenvalue weighted by molar-refractivity contribution is 9.10. The number of rotatable bonds is 3. The van der Waals surface area contributed by atoms with Crippen LogP contribution in [-0.2, 0) is 4.79 Å². The van der Waals surface area contributed by atoms with Crippen molar-refractivity contribution < 1.29 is 9.59 Å². The van der Waals surface area contributed by atoms with Crippen LogP contribution in [0.25, 0.3) is 0 Å². The summed E-state index contributed by atoms with van der Waals surface area (Å²) < 4.78 is 0.935. The third kappa shape index (κ3) is 4.74. The van der Waals surface area contributed by atoms with Crippen molar-refractivity contribution >= 4 is 33.6 Å². The average molecular weight is 354 g/mol. The molecular weight excluding hydrogens is 334 g/mol. The summed E-state index contributed by atoms with van der Waals surface area (Å²) in [5.74, 6) is -0.0186. The predicted octanol–water partition coefficient (Wildman–Crippen LogP) is 2.89. The van der Waals surface area contributed by atoms with Gasteiger partial charge in [0, 0.05) is 23.2 Å². The minimum absolute atomic E-state index is 0.0186. The number of nitrogens with zero attached hydrogens (tertiary/aromatic N) is 1. The van der Waals surface area contributed by atoms with Crippen molar-refractivity contribution in [1.29, 1.82) is 0 Å². The highest BCUT2D eigenvalue weighted by Crippen LogP contribution is 2.20. The van der Waals surface area contributed by atoms with Crippen LogP contribution in [0.15, 0.2) is 22.7 Å².